The number of unbranched alkanes of at least 4 members (excludes halogenated alkanes) is 1. The maximum atomic E-state index is 14.3. The zero-order valence-electron chi connectivity index (χ0n) is 39.7. The summed E-state index contributed by atoms with van der Waals surface area (Å²) >= 11 is 0. The number of esters is 2. The largest absolute Gasteiger partial charge is 0.467 e. The second kappa shape index (κ2) is 27.0. The van der Waals surface area contributed by atoms with Gasteiger partial charge in [-0.15, -0.1) is 12.3 Å². The SMILES string of the molecule is C#CCCC[C@@H](CCCC(=O)N(C)[C@H](C(=O)N[C@H](C(=O)N[C@H](C(=O)N(C)[C@H](C(=O)O[C@H](C(=O)N1CCC[C@H]1C(=O)OC)[C@@H](C)CC)C(C)C)C(C)C)C(C)C)[C@@H](C)CC)OC. The summed E-state index contributed by atoms with van der Waals surface area (Å²) in [7, 11) is 5.98. The predicted octanol–water partition coefficient (Wildman–Crippen LogP) is 4.73. The normalized spacial score (nSPS) is 17.9. The van der Waals surface area contributed by atoms with Crippen molar-refractivity contribution in [2.45, 2.75) is 176 Å². The van der Waals surface area contributed by atoms with E-state index in [1.165, 1.54) is 28.9 Å². The number of likely N-dealkylation sites (tertiary alicyclic amines) is 1. The van der Waals surface area contributed by atoms with Crippen molar-refractivity contribution in [3.05, 3.63) is 0 Å². The van der Waals surface area contributed by atoms with Gasteiger partial charge in [0, 0.05) is 46.5 Å². The van der Waals surface area contributed by atoms with Crippen LogP contribution >= 0.6 is 0 Å². The van der Waals surface area contributed by atoms with Crippen LogP contribution in [0.25, 0.3) is 0 Å². The van der Waals surface area contributed by atoms with Crippen molar-refractivity contribution >= 4 is 41.5 Å². The van der Waals surface area contributed by atoms with Crippen molar-refractivity contribution in [3.8, 4) is 12.3 Å². The van der Waals surface area contributed by atoms with Gasteiger partial charge in [-0.05, 0) is 68.6 Å². The molecule has 1 aliphatic rings. The Morgan fingerprint density at radius 2 is 1.34 bits per heavy atom. The Balaban J connectivity index is 3.26. The van der Waals surface area contributed by atoms with Crippen LogP contribution in [0, 0.1) is 41.9 Å². The number of nitrogens with one attached hydrogen (secondary N) is 2. The molecule has 0 aliphatic carbocycles. The molecular formula is C46H79N5O10. The van der Waals surface area contributed by atoms with Crippen LogP contribution < -0.4 is 10.6 Å². The molecule has 0 aromatic heterocycles. The fourth-order valence-electron chi connectivity index (χ4n) is 7.82. The number of hydrogen-bond acceptors (Lipinski definition) is 10. The van der Waals surface area contributed by atoms with Gasteiger partial charge in [0.2, 0.25) is 23.6 Å². The third-order valence-corrected chi connectivity index (χ3v) is 12.1. The molecule has 0 unspecified atom stereocenters. The monoisotopic (exact) mass is 862 g/mol. The lowest BCUT2D eigenvalue weighted by Gasteiger charge is -2.36. The fourth-order valence-corrected chi connectivity index (χ4v) is 7.82. The molecule has 1 aliphatic heterocycles. The lowest BCUT2D eigenvalue weighted by Crippen LogP contribution is -2.61. The number of nitrogens with zero attached hydrogens (tertiary/aromatic N) is 3. The lowest BCUT2D eigenvalue weighted by atomic mass is 9.94. The minimum atomic E-state index is -1.20. The maximum absolute atomic E-state index is 14.3. The van der Waals surface area contributed by atoms with Crippen LogP contribution in [0.4, 0.5) is 0 Å². The van der Waals surface area contributed by atoms with Gasteiger partial charge in [-0.2, -0.15) is 0 Å². The Bertz CT molecular complexity index is 1490. The third-order valence-electron chi connectivity index (χ3n) is 12.1. The molecule has 0 aromatic rings. The highest BCUT2D eigenvalue weighted by atomic mass is 16.6. The second-order valence-electron chi connectivity index (χ2n) is 17.7. The van der Waals surface area contributed by atoms with Gasteiger partial charge < -0.3 is 39.5 Å². The molecule has 15 nitrogen and oxygen atoms in total. The number of likely N-dealkylation sites (N-methyl/N-ethyl adjacent to an activating group) is 2. The summed E-state index contributed by atoms with van der Waals surface area (Å²) in [5.74, 6) is -2.90. The summed E-state index contributed by atoms with van der Waals surface area (Å²) in [5.41, 5.74) is 0. The van der Waals surface area contributed by atoms with Crippen LogP contribution in [0.1, 0.15) is 133 Å². The first-order valence-corrected chi connectivity index (χ1v) is 22.3. The average molecular weight is 862 g/mol. The number of carbonyl (C=O) groups is 7. The Labute approximate surface area is 366 Å². The molecular weight excluding hydrogens is 783 g/mol. The van der Waals surface area contributed by atoms with Crippen molar-refractivity contribution in [2.75, 3.05) is 34.9 Å². The zero-order valence-corrected chi connectivity index (χ0v) is 39.7. The first kappa shape index (κ1) is 54.8. The second-order valence-corrected chi connectivity index (χ2v) is 17.7. The fraction of sp³-hybridized carbons (Fsp3) is 0.804. The van der Waals surface area contributed by atoms with E-state index in [-0.39, 0.29) is 24.3 Å². The molecule has 2 N–H and O–H groups in total. The van der Waals surface area contributed by atoms with E-state index in [0.29, 0.717) is 51.5 Å². The quantitative estimate of drug-likeness (QED) is 0.0701. The van der Waals surface area contributed by atoms with Crippen molar-refractivity contribution in [1.82, 2.24) is 25.3 Å². The smallest absolute Gasteiger partial charge is 0.329 e. The lowest BCUT2D eigenvalue weighted by molar-refractivity contribution is -0.172. The standard InChI is InChI=1S/C46H79N5O10/c1-16-19-20-23-33(59-14)24-21-26-35(52)49(12)39(31(10)17-2)42(54)47-36(28(4)5)41(53)48-37(29(6)7)43(55)50(13)38(30(8)9)46(58)61-40(32(11)18-3)44(56)51-27-22-25-34(51)45(57)60-15/h1,28-34,36-40H,17-27H2,2-15H3,(H,47,54)(H,48,53)/t31-,32-,33-,34-,36-,37-,38-,39-,40-/m0/s1. The molecule has 0 bridgehead atoms. The molecule has 9 atom stereocenters. The summed E-state index contributed by atoms with van der Waals surface area (Å²) in [6.07, 6.45) is 10.1. The van der Waals surface area contributed by atoms with Crippen molar-refractivity contribution < 1.29 is 47.8 Å². The summed E-state index contributed by atoms with van der Waals surface area (Å²) < 4.78 is 16.5. The number of hydrogen-bond donors (Lipinski definition) is 2. The van der Waals surface area contributed by atoms with E-state index in [4.69, 9.17) is 20.6 Å². The molecule has 1 saturated heterocycles. The van der Waals surface area contributed by atoms with Gasteiger partial charge in [-0.25, -0.2) is 9.59 Å². The maximum Gasteiger partial charge on any atom is 0.329 e. The summed E-state index contributed by atoms with van der Waals surface area (Å²) in [5, 5.41) is 5.74. The molecule has 0 radical (unpaired) electrons. The van der Waals surface area contributed by atoms with Crippen molar-refractivity contribution in [3.63, 3.8) is 0 Å². The molecule has 0 spiro atoms. The number of methoxy groups -OCH3 is 2. The molecule has 0 aromatic carbocycles. The predicted molar refractivity (Wildman–Crippen MR) is 234 cm³/mol. The molecule has 15 heteroatoms. The van der Waals surface area contributed by atoms with Crippen LogP contribution in [0.3, 0.4) is 0 Å². The Morgan fingerprint density at radius 1 is 0.770 bits per heavy atom. The van der Waals surface area contributed by atoms with E-state index < -0.39 is 95.6 Å². The van der Waals surface area contributed by atoms with Gasteiger partial charge in [-0.3, -0.25) is 24.0 Å². The molecule has 1 heterocycles. The minimum Gasteiger partial charge on any atom is -0.467 e. The van der Waals surface area contributed by atoms with Crippen LogP contribution in [0.15, 0.2) is 0 Å². The molecule has 0 saturated carbocycles. The van der Waals surface area contributed by atoms with Gasteiger partial charge in [0.05, 0.1) is 13.2 Å². The first-order valence-electron chi connectivity index (χ1n) is 22.3. The van der Waals surface area contributed by atoms with Gasteiger partial charge in [0.15, 0.2) is 6.10 Å². The summed E-state index contributed by atoms with van der Waals surface area (Å²) in [6.45, 7) is 18.4. The van der Waals surface area contributed by atoms with Crippen LogP contribution in [-0.4, -0.2) is 133 Å². The highest BCUT2D eigenvalue weighted by Crippen LogP contribution is 2.26. The third kappa shape index (κ3) is 15.9. The van der Waals surface area contributed by atoms with Crippen LogP contribution in [0.5, 0.6) is 0 Å². The Hall–Kier alpha value is -4.19. The molecule has 1 fully saturated rings. The van der Waals surface area contributed by atoms with E-state index in [1.54, 1.807) is 62.6 Å². The Kier molecular flexibility index (Phi) is 24.3. The zero-order chi connectivity index (χ0) is 46.7. The molecule has 5 amide bonds. The highest BCUT2D eigenvalue weighted by Gasteiger charge is 2.44. The van der Waals surface area contributed by atoms with Gasteiger partial charge in [0.1, 0.15) is 30.2 Å². The van der Waals surface area contributed by atoms with Crippen molar-refractivity contribution in [2.24, 2.45) is 29.6 Å². The van der Waals surface area contributed by atoms with E-state index in [0.717, 1.165) is 12.8 Å². The Morgan fingerprint density at radius 3 is 1.85 bits per heavy atom. The first-order chi connectivity index (χ1) is 28.6. The van der Waals surface area contributed by atoms with E-state index in [9.17, 15) is 33.6 Å². The van der Waals surface area contributed by atoms with Gasteiger partial charge >= 0.3 is 11.9 Å². The topological polar surface area (TPSA) is 181 Å². The number of ether oxygens (including phenoxy) is 3. The minimum absolute atomic E-state index is 0.0158. The van der Waals surface area contributed by atoms with E-state index in [1.807, 2.05) is 20.8 Å². The number of carbonyl (C=O) groups excluding carboxylic acids is 7. The van der Waals surface area contributed by atoms with Gasteiger partial charge in [-0.1, -0.05) is 75.7 Å². The van der Waals surface area contributed by atoms with Crippen LogP contribution in [-0.2, 0) is 47.8 Å². The molecule has 1 rings (SSSR count). The summed E-state index contributed by atoms with van der Waals surface area (Å²) in [4.78, 5) is 100. The van der Waals surface area contributed by atoms with E-state index >= 15 is 0 Å². The number of terminal acetylenes is 1. The van der Waals surface area contributed by atoms with Gasteiger partial charge in [0.25, 0.3) is 5.91 Å². The number of rotatable bonds is 26. The highest BCUT2D eigenvalue weighted by molar-refractivity contribution is 5.96. The average Bonchev–Trinajstić information content (AvgIpc) is 3.72. The van der Waals surface area contributed by atoms with Crippen LogP contribution in [0.2, 0.25) is 0 Å². The number of amides is 5. The molecule has 348 valence electrons. The van der Waals surface area contributed by atoms with E-state index in [2.05, 4.69) is 16.6 Å². The van der Waals surface area contributed by atoms with Crippen molar-refractivity contribution in [1.29, 1.82) is 0 Å². The molecule has 61 heavy (non-hydrogen) atoms. The summed E-state index contributed by atoms with van der Waals surface area (Å²) in [6, 6.07) is -4.90.